The van der Waals surface area contributed by atoms with Gasteiger partial charge in [0.15, 0.2) is 4.34 Å². The van der Waals surface area contributed by atoms with Crippen LogP contribution < -0.4 is 5.32 Å². The molecule has 0 saturated carbocycles. The van der Waals surface area contributed by atoms with Crippen LogP contribution in [-0.2, 0) is 5.75 Å². The molecule has 9 heteroatoms. The van der Waals surface area contributed by atoms with Gasteiger partial charge in [-0.3, -0.25) is 0 Å². The van der Waals surface area contributed by atoms with E-state index in [-0.39, 0.29) is 5.82 Å². The van der Waals surface area contributed by atoms with E-state index >= 15 is 0 Å². The summed E-state index contributed by atoms with van der Waals surface area (Å²) >= 11 is 2.91. The summed E-state index contributed by atoms with van der Waals surface area (Å²) in [5, 5.41) is 15.8. The number of thioether (sulfide) groups is 1. The smallest absolute Gasteiger partial charge is 0.237 e. The van der Waals surface area contributed by atoms with E-state index in [9.17, 15) is 4.39 Å². The van der Waals surface area contributed by atoms with Crippen LogP contribution in [0.2, 0.25) is 0 Å². The van der Waals surface area contributed by atoms with Gasteiger partial charge in [0.25, 0.3) is 0 Å². The lowest BCUT2D eigenvalue weighted by Crippen LogP contribution is -1.96. The third kappa shape index (κ3) is 4.14. The molecule has 3 aromatic rings. The number of anilines is 1. The van der Waals surface area contributed by atoms with Gasteiger partial charge in [0.1, 0.15) is 5.82 Å². The van der Waals surface area contributed by atoms with Crippen LogP contribution in [0.4, 0.5) is 9.52 Å². The van der Waals surface area contributed by atoms with Crippen molar-refractivity contribution in [2.75, 3.05) is 11.9 Å². The molecule has 0 amide bonds. The van der Waals surface area contributed by atoms with Gasteiger partial charge in [0.05, 0.1) is 5.75 Å². The molecular formula is C14H12FN5OS2. The van der Waals surface area contributed by atoms with Gasteiger partial charge in [0, 0.05) is 12.1 Å². The van der Waals surface area contributed by atoms with E-state index in [0.717, 1.165) is 9.47 Å². The third-order valence-corrected chi connectivity index (χ3v) is 4.69. The molecule has 3 rings (SSSR count). The first-order valence-corrected chi connectivity index (χ1v) is 8.44. The first kappa shape index (κ1) is 15.6. The predicted octanol–water partition coefficient (Wildman–Crippen LogP) is 3.62. The molecule has 118 valence electrons. The number of benzene rings is 1. The van der Waals surface area contributed by atoms with Crippen molar-refractivity contribution in [1.29, 1.82) is 0 Å². The largest absolute Gasteiger partial charge is 0.357 e. The number of nitrogens with one attached hydrogen (secondary N) is 1. The Morgan fingerprint density at radius 2 is 2.13 bits per heavy atom. The Kier molecular flexibility index (Phi) is 4.99. The zero-order valence-electron chi connectivity index (χ0n) is 11.9. The third-order valence-electron chi connectivity index (χ3n) is 2.69. The van der Waals surface area contributed by atoms with Gasteiger partial charge in [-0.2, -0.15) is 4.98 Å². The molecule has 0 unspecified atom stereocenters. The van der Waals surface area contributed by atoms with Gasteiger partial charge in [-0.1, -0.05) is 34.3 Å². The highest BCUT2D eigenvalue weighted by molar-refractivity contribution is 8.00. The van der Waals surface area contributed by atoms with Crippen LogP contribution in [0.15, 0.2) is 45.8 Å². The second kappa shape index (κ2) is 7.34. The summed E-state index contributed by atoms with van der Waals surface area (Å²) in [6, 6.07) is 5.94. The number of halogens is 1. The summed E-state index contributed by atoms with van der Waals surface area (Å²) in [5.41, 5.74) is 0.707. The zero-order chi connectivity index (χ0) is 16.1. The lowest BCUT2D eigenvalue weighted by atomic mass is 10.2. The SMILES string of the molecule is C=CCNc1nnc(SCc2nc(-c3ccc(F)cc3)no2)s1. The highest BCUT2D eigenvalue weighted by atomic mass is 32.2. The van der Waals surface area contributed by atoms with E-state index in [4.69, 9.17) is 4.52 Å². The van der Waals surface area contributed by atoms with Crippen molar-refractivity contribution in [1.82, 2.24) is 20.3 Å². The molecule has 0 radical (unpaired) electrons. The molecule has 0 spiro atoms. The van der Waals surface area contributed by atoms with Gasteiger partial charge in [-0.15, -0.1) is 16.8 Å². The molecule has 6 nitrogen and oxygen atoms in total. The molecule has 1 N–H and O–H groups in total. The van der Waals surface area contributed by atoms with E-state index in [1.54, 1.807) is 18.2 Å². The van der Waals surface area contributed by atoms with Crippen LogP contribution in [-0.4, -0.2) is 26.9 Å². The summed E-state index contributed by atoms with van der Waals surface area (Å²) in [5.74, 6) is 1.10. The Morgan fingerprint density at radius 3 is 2.91 bits per heavy atom. The number of hydrogen-bond donors (Lipinski definition) is 1. The second-order valence-electron chi connectivity index (χ2n) is 4.35. The van der Waals surface area contributed by atoms with Crippen molar-refractivity contribution in [2.24, 2.45) is 0 Å². The van der Waals surface area contributed by atoms with Crippen molar-refractivity contribution in [3.8, 4) is 11.4 Å². The van der Waals surface area contributed by atoms with Crippen LogP contribution in [0.5, 0.6) is 0 Å². The highest BCUT2D eigenvalue weighted by Gasteiger charge is 2.11. The summed E-state index contributed by atoms with van der Waals surface area (Å²) < 4.78 is 18.9. The fourth-order valence-corrected chi connectivity index (χ4v) is 3.25. The number of rotatable bonds is 7. The van der Waals surface area contributed by atoms with Crippen molar-refractivity contribution in [2.45, 2.75) is 10.1 Å². The minimum absolute atomic E-state index is 0.301. The molecule has 0 aliphatic heterocycles. The summed E-state index contributed by atoms with van der Waals surface area (Å²) in [4.78, 5) is 4.29. The van der Waals surface area contributed by atoms with E-state index in [0.29, 0.717) is 29.6 Å². The molecule has 2 heterocycles. The first-order chi connectivity index (χ1) is 11.2. The first-order valence-electron chi connectivity index (χ1n) is 6.64. The molecule has 0 aliphatic rings. The summed E-state index contributed by atoms with van der Waals surface area (Å²) in [6.07, 6.45) is 1.75. The Bertz CT molecular complexity index is 787. The summed E-state index contributed by atoms with van der Waals surface area (Å²) in [7, 11) is 0. The van der Waals surface area contributed by atoms with Gasteiger partial charge in [-0.05, 0) is 24.3 Å². The maximum atomic E-state index is 12.9. The van der Waals surface area contributed by atoms with Gasteiger partial charge < -0.3 is 9.84 Å². The quantitative estimate of drug-likeness (QED) is 0.515. The molecule has 2 aromatic heterocycles. The minimum atomic E-state index is -0.301. The molecule has 0 aliphatic carbocycles. The second-order valence-corrected chi connectivity index (χ2v) is 6.55. The molecule has 0 bridgehead atoms. The van der Waals surface area contributed by atoms with Crippen LogP contribution >= 0.6 is 23.1 Å². The lowest BCUT2D eigenvalue weighted by molar-refractivity contribution is 0.391. The molecule has 0 fully saturated rings. The lowest BCUT2D eigenvalue weighted by Gasteiger charge is -1.93. The normalized spacial score (nSPS) is 10.7. The van der Waals surface area contributed by atoms with E-state index < -0.39 is 0 Å². The molecule has 0 saturated heterocycles. The van der Waals surface area contributed by atoms with E-state index in [2.05, 4.69) is 32.2 Å². The van der Waals surface area contributed by atoms with Crippen LogP contribution in [0.25, 0.3) is 11.4 Å². The van der Waals surface area contributed by atoms with Crippen molar-refractivity contribution in [3.05, 3.63) is 48.6 Å². The summed E-state index contributed by atoms with van der Waals surface area (Å²) in [6.45, 7) is 4.27. The van der Waals surface area contributed by atoms with Gasteiger partial charge >= 0.3 is 0 Å². The monoisotopic (exact) mass is 349 g/mol. The van der Waals surface area contributed by atoms with Gasteiger partial charge in [-0.25, -0.2) is 4.39 Å². The fraction of sp³-hybridized carbons (Fsp3) is 0.143. The van der Waals surface area contributed by atoms with Gasteiger partial charge in [0.2, 0.25) is 16.8 Å². The molecular weight excluding hydrogens is 337 g/mol. The average Bonchev–Trinajstić information content (AvgIpc) is 3.21. The standard InChI is InChI=1S/C14H12FN5OS2/c1-2-7-16-13-18-19-14(23-13)22-8-11-17-12(20-21-11)9-3-5-10(15)6-4-9/h2-6H,1,7-8H2,(H,16,18). The molecule has 23 heavy (non-hydrogen) atoms. The number of aromatic nitrogens is 4. The van der Waals surface area contributed by atoms with Crippen molar-refractivity contribution < 1.29 is 8.91 Å². The predicted molar refractivity (Wildman–Crippen MR) is 87.8 cm³/mol. The fourth-order valence-electron chi connectivity index (χ4n) is 1.65. The average molecular weight is 349 g/mol. The minimum Gasteiger partial charge on any atom is -0.357 e. The van der Waals surface area contributed by atoms with E-state index in [1.807, 2.05) is 0 Å². The molecule has 0 atom stereocenters. The van der Waals surface area contributed by atoms with Crippen molar-refractivity contribution in [3.63, 3.8) is 0 Å². The Hall–Kier alpha value is -2.26. The maximum Gasteiger partial charge on any atom is 0.237 e. The Labute approximate surface area is 139 Å². The van der Waals surface area contributed by atoms with Crippen LogP contribution in [0.1, 0.15) is 5.89 Å². The van der Waals surface area contributed by atoms with Crippen molar-refractivity contribution >= 4 is 28.2 Å². The Balaban J connectivity index is 1.59. The van der Waals surface area contributed by atoms with E-state index in [1.165, 1.54) is 35.2 Å². The topological polar surface area (TPSA) is 76.7 Å². The zero-order valence-corrected chi connectivity index (χ0v) is 13.5. The maximum absolute atomic E-state index is 12.9. The highest BCUT2D eigenvalue weighted by Crippen LogP contribution is 2.28. The molecule has 1 aromatic carbocycles. The Morgan fingerprint density at radius 1 is 1.30 bits per heavy atom. The number of nitrogens with zero attached hydrogens (tertiary/aromatic N) is 4. The van der Waals surface area contributed by atoms with Crippen LogP contribution in [0.3, 0.4) is 0 Å². The van der Waals surface area contributed by atoms with Crippen LogP contribution in [0, 0.1) is 5.82 Å². The number of hydrogen-bond acceptors (Lipinski definition) is 8.